The topological polar surface area (TPSA) is 57.7 Å². The molecule has 30 heavy (non-hydrogen) atoms. The quantitative estimate of drug-likeness (QED) is 0.608. The summed E-state index contributed by atoms with van der Waals surface area (Å²) in [5.74, 6) is -1.04. The lowest BCUT2D eigenvalue weighted by atomic mass is 10.1. The normalized spacial score (nSPS) is 12.8. The molecule has 0 radical (unpaired) electrons. The standard InChI is InChI=1S/C25H22N2O3/c1-16-8-11-19(12-9-16)23(28)26(22-13-10-17(2)14-18(22)3)15-27-24(29)20-6-4-5-7-21(20)25(27)30/h4-14H,15H2,1-3H3. The van der Waals surface area contributed by atoms with E-state index in [-0.39, 0.29) is 24.4 Å². The van der Waals surface area contributed by atoms with Gasteiger partial charge in [0.25, 0.3) is 17.7 Å². The lowest BCUT2D eigenvalue weighted by Gasteiger charge is -2.28. The van der Waals surface area contributed by atoms with Crippen molar-refractivity contribution in [1.29, 1.82) is 0 Å². The van der Waals surface area contributed by atoms with E-state index in [0.717, 1.165) is 21.6 Å². The number of amides is 3. The van der Waals surface area contributed by atoms with Crippen molar-refractivity contribution in [2.24, 2.45) is 0 Å². The first kappa shape index (κ1) is 19.6. The molecule has 150 valence electrons. The minimum Gasteiger partial charge on any atom is -0.289 e. The van der Waals surface area contributed by atoms with Crippen LogP contribution < -0.4 is 4.90 Å². The molecule has 5 nitrogen and oxygen atoms in total. The van der Waals surface area contributed by atoms with Gasteiger partial charge in [0.15, 0.2) is 0 Å². The van der Waals surface area contributed by atoms with Crippen LogP contribution in [0.1, 0.15) is 47.8 Å². The van der Waals surface area contributed by atoms with Crippen LogP contribution in [-0.4, -0.2) is 29.3 Å². The number of hydrogen-bond acceptors (Lipinski definition) is 3. The second-order valence-electron chi connectivity index (χ2n) is 7.61. The summed E-state index contributed by atoms with van der Waals surface area (Å²) in [7, 11) is 0. The van der Waals surface area contributed by atoms with Gasteiger partial charge in [-0.15, -0.1) is 0 Å². The molecule has 1 aliphatic heterocycles. The van der Waals surface area contributed by atoms with Crippen molar-refractivity contribution in [3.8, 4) is 0 Å². The molecule has 0 saturated heterocycles. The van der Waals surface area contributed by atoms with Crippen molar-refractivity contribution in [2.45, 2.75) is 20.8 Å². The third kappa shape index (κ3) is 3.39. The van der Waals surface area contributed by atoms with E-state index in [1.165, 1.54) is 4.90 Å². The highest BCUT2D eigenvalue weighted by Crippen LogP contribution is 2.27. The van der Waals surface area contributed by atoms with Crippen LogP contribution in [0.25, 0.3) is 0 Å². The summed E-state index contributed by atoms with van der Waals surface area (Å²) in [6, 6.07) is 19.7. The maximum atomic E-state index is 13.4. The van der Waals surface area contributed by atoms with E-state index in [4.69, 9.17) is 0 Å². The SMILES string of the molecule is Cc1ccc(C(=O)N(CN2C(=O)c3ccccc3C2=O)c2ccc(C)cc2C)cc1. The van der Waals surface area contributed by atoms with Crippen molar-refractivity contribution in [3.63, 3.8) is 0 Å². The van der Waals surface area contributed by atoms with E-state index >= 15 is 0 Å². The summed E-state index contributed by atoms with van der Waals surface area (Å²) >= 11 is 0. The van der Waals surface area contributed by atoms with Gasteiger partial charge in [-0.3, -0.25) is 24.2 Å². The maximum Gasteiger partial charge on any atom is 0.263 e. The maximum absolute atomic E-state index is 13.4. The highest BCUT2D eigenvalue weighted by Gasteiger charge is 2.37. The second kappa shape index (κ2) is 7.59. The molecule has 0 saturated carbocycles. The van der Waals surface area contributed by atoms with Gasteiger partial charge in [0, 0.05) is 11.3 Å². The van der Waals surface area contributed by atoms with Gasteiger partial charge >= 0.3 is 0 Å². The molecule has 0 fully saturated rings. The molecule has 0 bridgehead atoms. The van der Waals surface area contributed by atoms with E-state index in [0.29, 0.717) is 22.4 Å². The first-order valence-corrected chi connectivity index (χ1v) is 9.78. The molecular weight excluding hydrogens is 376 g/mol. The number of nitrogens with zero attached hydrogens (tertiary/aromatic N) is 2. The monoisotopic (exact) mass is 398 g/mol. The Morgan fingerprint density at radius 2 is 1.37 bits per heavy atom. The molecule has 1 aliphatic rings. The number of imide groups is 1. The highest BCUT2D eigenvalue weighted by atomic mass is 16.2. The zero-order chi connectivity index (χ0) is 21.4. The number of hydrogen-bond donors (Lipinski definition) is 0. The van der Waals surface area contributed by atoms with E-state index in [1.807, 2.05) is 51.1 Å². The first-order chi connectivity index (χ1) is 14.4. The Morgan fingerprint density at radius 3 is 1.93 bits per heavy atom. The van der Waals surface area contributed by atoms with Crippen LogP contribution in [0.2, 0.25) is 0 Å². The average molecular weight is 398 g/mol. The number of anilines is 1. The average Bonchev–Trinajstić information content (AvgIpc) is 2.97. The van der Waals surface area contributed by atoms with Gasteiger partial charge in [0.1, 0.15) is 6.67 Å². The molecular formula is C25H22N2O3. The van der Waals surface area contributed by atoms with E-state index in [9.17, 15) is 14.4 Å². The fourth-order valence-corrected chi connectivity index (χ4v) is 3.72. The summed E-state index contributed by atoms with van der Waals surface area (Å²) < 4.78 is 0. The zero-order valence-electron chi connectivity index (χ0n) is 17.2. The van der Waals surface area contributed by atoms with Crippen LogP contribution in [0, 0.1) is 20.8 Å². The van der Waals surface area contributed by atoms with Gasteiger partial charge < -0.3 is 0 Å². The Bertz CT molecular complexity index is 1130. The fourth-order valence-electron chi connectivity index (χ4n) is 3.72. The molecule has 0 atom stereocenters. The predicted molar refractivity (Wildman–Crippen MR) is 116 cm³/mol. The van der Waals surface area contributed by atoms with Gasteiger partial charge in [0.05, 0.1) is 11.1 Å². The van der Waals surface area contributed by atoms with Crippen molar-refractivity contribution in [3.05, 3.63) is 100 Å². The van der Waals surface area contributed by atoms with Gasteiger partial charge in [-0.05, 0) is 56.7 Å². The summed E-state index contributed by atoms with van der Waals surface area (Å²) in [6.07, 6.45) is 0. The van der Waals surface area contributed by atoms with Crippen molar-refractivity contribution in [1.82, 2.24) is 4.90 Å². The largest absolute Gasteiger partial charge is 0.289 e. The Kier molecular flexibility index (Phi) is 4.96. The lowest BCUT2D eigenvalue weighted by Crippen LogP contribution is -2.44. The molecule has 0 N–H and O–H groups in total. The van der Waals surface area contributed by atoms with Gasteiger partial charge in [-0.1, -0.05) is 47.5 Å². The van der Waals surface area contributed by atoms with Crippen molar-refractivity contribution >= 4 is 23.4 Å². The molecule has 0 unspecified atom stereocenters. The number of carbonyl (C=O) groups excluding carboxylic acids is 3. The van der Waals surface area contributed by atoms with E-state index in [2.05, 4.69) is 0 Å². The Morgan fingerprint density at radius 1 is 0.800 bits per heavy atom. The predicted octanol–water partition coefficient (Wildman–Crippen LogP) is 4.51. The van der Waals surface area contributed by atoms with Gasteiger partial charge in [-0.2, -0.15) is 0 Å². The zero-order valence-corrected chi connectivity index (χ0v) is 17.2. The molecule has 3 aromatic rings. The molecule has 5 heteroatoms. The summed E-state index contributed by atoms with van der Waals surface area (Å²) in [6.45, 7) is 5.70. The molecule has 4 rings (SSSR count). The first-order valence-electron chi connectivity index (χ1n) is 9.78. The minimum absolute atomic E-state index is 0.150. The van der Waals surface area contributed by atoms with Crippen LogP contribution in [0.4, 0.5) is 5.69 Å². The second-order valence-corrected chi connectivity index (χ2v) is 7.61. The molecule has 3 amide bonds. The highest BCUT2D eigenvalue weighted by molar-refractivity contribution is 6.22. The van der Waals surface area contributed by atoms with Crippen LogP contribution in [0.15, 0.2) is 66.7 Å². The number of carbonyl (C=O) groups is 3. The summed E-state index contributed by atoms with van der Waals surface area (Å²) in [4.78, 5) is 41.8. The third-order valence-electron chi connectivity index (χ3n) is 5.35. The van der Waals surface area contributed by atoms with Gasteiger partial charge in [0.2, 0.25) is 0 Å². The van der Waals surface area contributed by atoms with Crippen LogP contribution >= 0.6 is 0 Å². The molecule has 3 aromatic carbocycles. The summed E-state index contributed by atoms with van der Waals surface area (Å²) in [5.41, 5.74) is 4.91. The molecule has 0 aromatic heterocycles. The summed E-state index contributed by atoms with van der Waals surface area (Å²) in [5, 5.41) is 0. The Hall–Kier alpha value is -3.73. The van der Waals surface area contributed by atoms with Crippen LogP contribution in [0.3, 0.4) is 0 Å². The number of rotatable bonds is 4. The number of fused-ring (bicyclic) bond motifs is 1. The Balaban J connectivity index is 1.74. The van der Waals surface area contributed by atoms with E-state index < -0.39 is 0 Å². The number of benzene rings is 3. The molecule has 0 spiro atoms. The van der Waals surface area contributed by atoms with Crippen LogP contribution in [0.5, 0.6) is 0 Å². The molecule has 1 heterocycles. The van der Waals surface area contributed by atoms with Crippen LogP contribution in [-0.2, 0) is 0 Å². The minimum atomic E-state index is -0.387. The van der Waals surface area contributed by atoms with E-state index in [1.54, 1.807) is 36.4 Å². The van der Waals surface area contributed by atoms with Gasteiger partial charge in [-0.25, -0.2) is 0 Å². The number of aryl methyl sites for hydroxylation is 3. The van der Waals surface area contributed by atoms with Crippen molar-refractivity contribution in [2.75, 3.05) is 11.6 Å². The third-order valence-corrected chi connectivity index (χ3v) is 5.35. The van der Waals surface area contributed by atoms with Crippen molar-refractivity contribution < 1.29 is 14.4 Å². The lowest BCUT2D eigenvalue weighted by molar-refractivity contribution is 0.0650. The Labute approximate surface area is 175 Å². The smallest absolute Gasteiger partial charge is 0.263 e. The molecule has 0 aliphatic carbocycles. The fraction of sp³-hybridized carbons (Fsp3) is 0.160.